The van der Waals surface area contributed by atoms with Gasteiger partial charge < -0.3 is 10.4 Å². The summed E-state index contributed by atoms with van der Waals surface area (Å²) in [7, 11) is 0. The number of rotatable bonds is 3. The third kappa shape index (κ3) is 3.20. The van der Waals surface area contributed by atoms with Crippen LogP contribution in [0.2, 0.25) is 0 Å². The Hall–Kier alpha value is -1.25. The van der Waals surface area contributed by atoms with Crippen LogP contribution in [0.5, 0.6) is 0 Å². The van der Waals surface area contributed by atoms with Gasteiger partial charge in [-0.3, -0.25) is 9.78 Å². The second kappa shape index (κ2) is 5.81. The van der Waals surface area contributed by atoms with E-state index in [0.29, 0.717) is 9.35 Å². The van der Waals surface area contributed by atoms with Crippen LogP contribution < -0.4 is 5.32 Å². The highest BCUT2D eigenvalue weighted by molar-refractivity contribution is 9.12. The summed E-state index contributed by atoms with van der Waals surface area (Å²) in [5.41, 5.74) is 0.583. The van der Waals surface area contributed by atoms with Crippen LogP contribution in [0.3, 0.4) is 0 Å². The van der Waals surface area contributed by atoms with E-state index in [1.165, 1.54) is 29.8 Å². The molecule has 0 spiro atoms. The van der Waals surface area contributed by atoms with E-state index >= 15 is 0 Å². The summed E-state index contributed by atoms with van der Waals surface area (Å²) in [6, 6.07) is 2.98. The molecule has 2 rings (SSSR count). The molecule has 0 aliphatic rings. The molecule has 5 nitrogen and oxygen atoms in total. The van der Waals surface area contributed by atoms with Crippen molar-refractivity contribution in [3.05, 3.63) is 43.2 Å². The average molecular weight is 406 g/mol. The van der Waals surface area contributed by atoms with E-state index in [2.05, 4.69) is 42.2 Å². The molecule has 0 saturated heterocycles. The third-order valence-corrected chi connectivity index (χ3v) is 4.54. The van der Waals surface area contributed by atoms with Gasteiger partial charge in [0, 0.05) is 6.20 Å². The molecule has 0 fully saturated rings. The number of aromatic carboxylic acids is 1. The fourth-order valence-corrected chi connectivity index (χ4v) is 4.16. The minimum Gasteiger partial charge on any atom is -0.478 e. The summed E-state index contributed by atoms with van der Waals surface area (Å²) in [6.07, 6.45) is 2.66. The molecular weight excluding hydrogens is 400 g/mol. The summed E-state index contributed by atoms with van der Waals surface area (Å²) in [5, 5.41) is 11.5. The Kier molecular flexibility index (Phi) is 4.33. The number of nitrogens with zero attached hydrogens (tertiary/aromatic N) is 1. The van der Waals surface area contributed by atoms with Crippen LogP contribution in [0.4, 0.5) is 5.69 Å². The maximum atomic E-state index is 12.0. The maximum absolute atomic E-state index is 12.0. The Balaban J connectivity index is 2.29. The van der Waals surface area contributed by atoms with Gasteiger partial charge in [0.15, 0.2) is 0 Å². The van der Waals surface area contributed by atoms with Crippen molar-refractivity contribution in [3.8, 4) is 0 Å². The van der Waals surface area contributed by atoms with Gasteiger partial charge in [-0.1, -0.05) is 0 Å². The molecule has 0 aliphatic heterocycles. The van der Waals surface area contributed by atoms with Gasteiger partial charge in [0.25, 0.3) is 5.91 Å². The predicted molar refractivity (Wildman–Crippen MR) is 78.9 cm³/mol. The van der Waals surface area contributed by atoms with Crippen molar-refractivity contribution in [2.24, 2.45) is 0 Å². The fraction of sp³-hybridized carbons (Fsp3) is 0. The van der Waals surface area contributed by atoms with Crippen LogP contribution in [0.25, 0.3) is 0 Å². The number of pyridine rings is 1. The molecule has 2 aromatic rings. The molecule has 0 saturated carbocycles. The Morgan fingerprint density at radius 2 is 2.05 bits per heavy atom. The molecule has 0 bridgehead atoms. The summed E-state index contributed by atoms with van der Waals surface area (Å²) < 4.78 is 1.46. The number of thiophene rings is 1. The zero-order valence-electron chi connectivity index (χ0n) is 9.18. The first-order chi connectivity index (χ1) is 8.99. The van der Waals surface area contributed by atoms with Crippen molar-refractivity contribution < 1.29 is 14.7 Å². The minimum atomic E-state index is -1.12. The summed E-state index contributed by atoms with van der Waals surface area (Å²) >= 11 is 7.91. The Bertz CT molecular complexity index is 657. The number of anilines is 1. The maximum Gasteiger partial charge on any atom is 0.337 e. The van der Waals surface area contributed by atoms with Gasteiger partial charge in [-0.05, 0) is 44.0 Å². The molecule has 0 unspecified atom stereocenters. The monoisotopic (exact) mass is 404 g/mol. The topological polar surface area (TPSA) is 79.3 Å². The van der Waals surface area contributed by atoms with Crippen molar-refractivity contribution in [3.63, 3.8) is 0 Å². The zero-order chi connectivity index (χ0) is 14.0. The van der Waals surface area contributed by atoms with Gasteiger partial charge in [-0.25, -0.2) is 4.79 Å². The lowest BCUT2D eigenvalue weighted by atomic mass is 10.2. The van der Waals surface area contributed by atoms with Crippen LogP contribution >= 0.6 is 43.2 Å². The summed E-state index contributed by atoms with van der Waals surface area (Å²) in [5.74, 6) is -1.52. The Morgan fingerprint density at radius 3 is 2.63 bits per heavy atom. The van der Waals surface area contributed by atoms with Crippen LogP contribution in [0, 0.1) is 0 Å². The number of hydrogen-bond acceptors (Lipinski definition) is 4. The van der Waals surface area contributed by atoms with Crippen LogP contribution in [-0.4, -0.2) is 22.0 Å². The standard InChI is InChI=1S/C11H6Br2N2O3S/c12-8-3-6(9(13)19-8)10(16)15-7-4-14-2-1-5(7)11(17)18/h1-4H,(H,15,16)(H,17,18). The van der Waals surface area contributed by atoms with Crippen molar-refractivity contribution in [2.75, 3.05) is 5.32 Å². The number of aromatic nitrogens is 1. The molecule has 0 aromatic carbocycles. The highest BCUT2D eigenvalue weighted by Gasteiger charge is 2.17. The first-order valence-electron chi connectivity index (χ1n) is 4.92. The summed E-state index contributed by atoms with van der Waals surface area (Å²) in [6.45, 7) is 0. The summed E-state index contributed by atoms with van der Waals surface area (Å²) in [4.78, 5) is 26.9. The molecule has 1 amide bonds. The fourth-order valence-electron chi connectivity index (χ4n) is 1.37. The van der Waals surface area contributed by atoms with E-state index < -0.39 is 11.9 Å². The molecule has 19 heavy (non-hydrogen) atoms. The third-order valence-electron chi connectivity index (χ3n) is 2.20. The smallest absolute Gasteiger partial charge is 0.337 e. The van der Waals surface area contributed by atoms with E-state index in [9.17, 15) is 9.59 Å². The zero-order valence-corrected chi connectivity index (χ0v) is 13.2. The average Bonchev–Trinajstić information content (AvgIpc) is 2.69. The molecular formula is C11H6Br2N2O3S. The quantitative estimate of drug-likeness (QED) is 0.817. The normalized spacial score (nSPS) is 10.2. The van der Waals surface area contributed by atoms with Gasteiger partial charge >= 0.3 is 5.97 Å². The number of carboxylic acids is 1. The van der Waals surface area contributed by atoms with E-state index in [4.69, 9.17) is 5.11 Å². The molecule has 8 heteroatoms. The Labute approximate surface area is 128 Å². The number of hydrogen-bond donors (Lipinski definition) is 2. The van der Waals surface area contributed by atoms with Gasteiger partial charge in [0.1, 0.15) is 0 Å². The lowest BCUT2D eigenvalue weighted by Crippen LogP contribution is -2.14. The predicted octanol–water partition coefficient (Wildman–Crippen LogP) is 3.62. The first kappa shape index (κ1) is 14.2. The molecule has 0 radical (unpaired) electrons. The second-order valence-electron chi connectivity index (χ2n) is 3.42. The second-order valence-corrected chi connectivity index (χ2v) is 7.17. The number of nitrogens with one attached hydrogen (secondary N) is 1. The van der Waals surface area contributed by atoms with Crippen LogP contribution in [-0.2, 0) is 0 Å². The molecule has 98 valence electrons. The van der Waals surface area contributed by atoms with Gasteiger partial charge in [0.2, 0.25) is 0 Å². The number of halogens is 2. The number of carboxylic acid groups (broad SMARTS) is 1. The van der Waals surface area contributed by atoms with Crippen LogP contribution in [0.15, 0.2) is 32.1 Å². The molecule has 2 aromatic heterocycles. The highest BCUT2D eigenvalue weighted by Crippen LogP contribution is 2.32. The highest BCUT2D eigenvalue weighted by atomic mass is 79.9. The SMILES string of the molecule is O=C(O)c1ccncc1NC(=O)c1cc(Br)sc1Br. The Morgan fingerprint density at radius 1 is 1.32 bits per heavy atom. The van der Waals surface area contributed by atoms with Crippen molar-refractivity contribution in [2.45, 2.75) is 0 Å². The van der Waals surface area contributed by atoms with Crippen molar-refractivity contribution in [1.82, 2.24) is 4.98 Å². The van der Waals surface area contributed by atoms with E-state index in [0.717, 1.165) is 3.79 Å². The van der Waals surface area contributed by atoms with Gasteiger partial charge in [-0.15, -0.1) is 11.3 Å². The number of carbonyl (C=O) groups excluding carboxylic acids is 1. The van der Waals surface area contributed by atoms with Crippen molar-refractivity contribution >= 4 is 60.8 Å². The molecule has 2 N–H and O–H groups in total. The van der Waals surface area contributed by atoms with Gasteiger partial charge in [-0.2, -0.15) is 0 Å². The largest absolute Gasteiger partial charge is 0.478 e. The molecule has 2 heterocycles. The first-order valence-corrected chi connectivity index (χ1v) is 7.32. The van der Waals surface area contributed by atoms with Crippen LogP contribution in [0.1, 0.15) is 20.7 Å². The lowest BCUT2D eigenvalue weighted by Gasteiger charge is -2.06. The number of amides is 1. The van der Waals surface area contributed by atoms with E-state index in [1.54, 1.807) is 6.07 Å². The number of carbonyl (C=O) groups is 2. The molecule has 0 aliphatic carbocycles. The minimum absolute atomic E-state index is 0.00577. The molecule has 0 atom stereocenters. The van der Waals surface area contributed by atoms with E-state index in [-0.39, 0.29) is 11.3 Å². The van der Waals surface area contributed by atoms with Crippen molar-refractivity contribution in [1.29, 1.82) is 0 Å². The van der Waals surface area contributed by atoms with Gasteiger partial charge in [0.05, 0.1) is 30.6 Å². The van der Waals surface area contributed by atoms with E-state index in [1.807, 2.05) is 0 Å². The lowest BCUT2D eigenvalue weighted by molar-refractivity contribution is 0.0698.